The smallest absolute Gasteiger partial charge is 0.249 e. The molecule has 1 aromatic carbocycles. The lowest BCUT2D eigenvalue weighted by Crippen LogP contribution is -2.31. The lowest BCUT2D eigenvalue weighted by Gasteiger charge is -2.22. The summed E-state index contributed by atoms with van der Waals surface area (Å²) in [5, 5.41) is 4.06. The highest BCUT2D eigenvalue weighted by Gasteiger charge is 2.33. The van der Waals surface area contributed by atoms with Crippen molar-refractivity contribution < 1.29 is 14.1 Å². The second-order valence-electron chi connectivity index (χ2n) is 7.18. The van der Waals surface area contributed by atoms with Crippen molar-refractivity contribution in [2.45, 2.75) is 52.2 Å². The fraction of sp³-hybridized carbons (Fsp3) is 0.550. The van der Waals surface area contributed by atoms with E-state index in [9.17, 15) is 4.79 Å². The van der Waals surface area contributed by atoms with E-state index >= 15 is 0 Å². The van der Waals surface area contributed by atoms with Crippen molar-refractivity contribution in [3.05, 3.63) is 47.6 Å². The number of benzene rings is 1. The first kappa shape index (κ1) is 18.6. The molecule has 1 unspecified atom stereocenters. The van der Waals surface area contributed by atoms with Gasteiger partial charge in [-0.2, -0.15) is 4.98 Å². The Morgan fingerprint density at radius 1 is 1.35 bits per heavy atom. The molecule has 1 aromatic heterocycles. The molecule has 1 aliphatic rings. The van der Waals surface area contributed by atoms with E-state index in [1.807, 2.05) is 35.2 Å². The van der Waals surface area contributed by atoms with E-state index in [0.29, 0.717) is 43.7 Å². The van der Waals surface area contributed by atoms with Crippen LogP contribution in [0.25, 0.3) is 0 Å². The van der Waals surface area contributed by atoms with Crippen LogP contribution in [-0.4, -0.2) is 34.1 Å². The first-order valence-corrected chi connectivity index (χ1v) is 9.37. The number of amides is 1. The molecular weight excluding hydrogens is 330 g/mol. The van der Waals surface area contributed by atoms with Crippen molar-refractivity contribution in [3.8, 4) is 0 Å². The molecule has 3 rings (SSSR count). The largest absolute Gasteiger partial charge is 0.376 e. The number of aromatic nitrogens is 2. The Balaban J connectivity index is 1.50. The van der Waals surface area contributed by atoms with Gasteiger partial charge >= 0.3 is 0 Å². The number of hydrogen-bond donors (Lipinski definition) is 0. The number of nitrogens with zero attached hydrogens (tertiary/aromatic N) is 3. The molecular formula is C20H27N3O3. The maximum atomic E-state index is 12.4. The second-order valence-corrected chi connectivity index (χ2v) is 7.18. The third-order valence-electron chi connectivity index (χ3n) is 4.51. The molecule has 0 aliphatic carbocycles. The minimum Gasteiger partial charge on any atom is -0.376 e. The van der Waals surface area contributed by atoms with Crippen molar-refractivity contribution in [3.63, 3.8) is 0 Å². The van der Waals surface area contributed by atoms with Crippen molar-refractivity contribution >= 4 is 5.91 Å². The number of carbonyl (C=O) groups is 1. The summed E-state index contributed by atoms with van der Waals surface area (Å²) in [4.78, 5) is 18.8. The monoisotopic (exact) mass is 357 g/mol. The molecule has 0 bridgehead atoms. The van der Waals surface area contributed by atoms with E-state index in [1.165, 1.54) is 0 Å². The normalized spacial score (nSPS) is 17.2. The maximum absolute atomic E-state index is 12.4. The van der Waals surface area contributed by atoms with Crippen LogP contribution in [-0.2, 0) is 22.6 Å². The van der Waals surface area contributed by atoms with E-state index in [4.69, 9.17) is 9.26 Å². The van der Waals surface area contributed by atoms with E-state index in [-0.39, 0.29) is 11.9 Å². The predicted octanol–water partition coefficient (Wildman–Crippen LogP) is 3.54. The highest BCUT2D eigenvalue weighted by atomic mass is 16.5. The average molecular weight is 357 g/mol. The fourth-order valence-electron chi connectivity index (χ4n) is 3.22. The standard InChI is InChI=1S/C20H27N3O3/c1-15(2)13-19(24)23-11-6-9-17(23)20-21-18(22-26-20)10-12-25-14-16-7-4-3-5-8-16/h3-5,7-8,15,17H,6,9-14H2,1-2H3. The minimum absolute atomic E-state index is 0.0762. The molecule has 1 fully saturated rings. The maximum Gasteiger partial charge on any atom is 0.249 e. The van der Waals surface area contributed by atoms with Crippen LogP contribution in [0.2, 0.25) is 0 Å². The zero-order chi connectivity index (χ0) is 18.4. The Labute approximate surface area is 154 Å². The molecule has 0 saturated carbocycles. The van der Waals surface area contributed by atoms with Crippen molar-refractivity contribution in [2.24, 2.45) is 5.92 Å². The third kappa shape index (κ3) is 4.91. The van der Waals surface area contributed by atoms with Crippen LogP contribution in [0.5, 0.6) is 0 Å². The van der Waals surface area contributed by atoms with Gasteiger partial charge in [-0.15, -0.1) is 0 Å². The van der Waals surface area contributed by atoms with E-state index in [2.05, 4.69) is 24.0 Å². The van der Waals surface area contributed by atoms with Crippen LogP contribution in [0.1, 0.15) is 56.4 Å². The average Bonchev–Trinajstić information content (AvgIpc) is 3.28. The van der Waals surface area contributed by atoms with Gasteiger partial charge in [-0.25, -0.2) is 0 Å². The molecule has 2 heterocycles. The third-order valence-corrected chi connectivity index (χ3v) is 4.51. The van der Waals surface area contributed by atoms with Gasteiger partial charge in [-0.1, -0.05) is 49.3 Å². The zero-order valence-corrected chi connectivity index (χ0v) is 15.6. The number of hydrogen-bond acceptors (Lipinski definition) is 5. The Morgan fingerprint density at radius 2 is 2.15 bits per heavy atom. The van der Waals surface area contributed by atoms with E-state index in [1.54, 1.807) is 0 Å². The van der Waals surface area contributed by atoms with Gasteiger partial charge in [0.15, 0.2) is 5.82 Å². The Kier molecular flexibility index (Phi) is 6.39. The lowest BCUT2D eigenvalue weighted by atomic mass is 10.1. The lowest BCUT2D eigenvalue weighted by molar-refractivity contribution is -0.133. The Bertz CT molecular complexity index is 699. The van der Waals surface area contributed by atoms with Gasteiger partial charge in [0.05, 0.1) is 13.2 Å². The molecule has 1 aliphatic heterocycles. The molecule has 140 valence electrons. The van der Waals surface area contributed by atoms with Crippen molar-refractivity contribution in [1.82, 2.24) is 15.0 Å². The van der Waals surface area contributed by atoms with Gasteiger partial charge in [0, 0.05) is 19.4 Å². The molecule has 6 nitrogen and oxygen atoms in total. The van der Waals surface area contributed by atoms with Crippen LogP contribution in [0.15, 0.2) is 34.9 Å². The summed E-state index contributed by atoms with van der Waals surface area (Å²) in [6.45, 7) is 6.00. The first-order chi connectivity index (χ1) is 12.6. The first-order valence-electron chi connectivity index (χ1n) is 9.37. The van der Waals surface area contributed by atoms with Gasteiger partial charge in [-0.05, 0) is 24.3 Å². The van der Waals surface area contributed by atoms with Gasteiger partial charge < -0.3 is 14.2 Å². The summed E-state index contributed by atoms with van der Waals surface area (Å²) in [7, 11) is 0. The zero-order valence-electron chi connectivity index (χ0n) is 15.6. The highest BCUT2D eigenvalue weighted by Crippen LogP contribution is 2.31. The molecule has 26 heavy (non-hydrogen) atoms. The van der Waals surface area contributed by atoms with Crippen molar-refractivity contribution in [1.29, 1.82) is 0 Å². The highest BCUT2D eigenvalue weighted by molar-refractivity contribution is 5.77. The van der Waals surface area contributed by atoms with Crippen molar-refractivity contribution in [2.75, 3.05) is 13.2 Å². The molecule has 0 radical (unpaired) electrons. The summed E-state index contributed by atoms with van der Waals surface area (Å²) in [6, 6.07) is 9.98. The summed E-state index contributed by atoms with van der Waals surface area (Å²) >= 11 is 0. The fourth-order valence-corrected chi connectivity index (χ4v) is 3.22. The molecule has 1 atom stereocenters. The summed E-state index contributed by atoms with van der Waals surface area (Å²) in [5.74, 6) is 1.71. The number of rotatable bonds is 8. The number of carbonyl (C=O) groups excluding carboxylic acids is 1. The van der Waals surface area contributed by atoms with Crippen LogP contribution in [0.3, 0.4) is 0 Å². The molecule has 0 N–H and O–H groups in total. The topological polar surface area (TPSA) is 68.5 Å². The molecule has 1 amide bonds. The van der Waals surface area contributed by atoms with Gasteiger partial charge in [0.1, 0.15) is 6.04 Å². The van der Waals surface area contributed by atoms with Gasteiger partial charge in [0.2, 0.25) is 11.8 Å². The minimum atomic E-state index is -0.0762. The molecule has 0 spiro atoms. The molecule has 6 heteroatoms. The van der Waals surface area contributed by atoms with Gasteiger partial charge in [0.25, 0.3) is 0 Å². The number of ether oxygens (including phenoxy) is 1. The van der Waals surface area contributed by atoms with Crippen LogP contribution in [0.4, 0.5) is 0 Å². The van der Waals surface area contributed by atoms with Crippen LogP contribution in [0, 0.1) is 5.92 Å². The summed E-state index contributed by atoms with van der Waals surface area (Å²) < 4.78 is 11.1. The Hall–Kier alpha value is -2.21. The molecule has 2 aromatic rings. The van der Waals surface area contributed by atoms with Gasteiger partial charge in [-0.3, -0.25) is 4.79 Å². The Morgan fingerprint density at radius 3 is 2.92 bits per heavy atom. The molecule has 1 saturated heterocycles. The summed E-state index contributed by atoms with van der Waals surface area (Å²) in [6.07, 6.45) is 3.02. The predicted molar refractivity (Wildman–Crippen MR) is 97.2 cm³/mol. The van der Waals surface area contributed by atoms with Crippen LogP contribution >= 0.6 is 0 Å². The van der Waals surface area contributed by atoms with E-state index < -0.39 is 0 Å². The van der Waals surface area contributed by atoms with Crippen LogP contribution < -0.4 is 0 Å². The van der Waals surface area contributed by atoms with E-state index in [0.717, 1.165) is 24.9 Å². The summed E-state index contributed by atoms with van der Waals surface area (Å²) in [5.41, 5.74) is 1.14. The SMILES string of the molecule is CC(C)CC(=O)N1CCCC1c1nc(CCOCc2ccccc2)no1. The quantitative estimate of drug-likeness (QED) is 0.676. The second kappa shape index (κ2) is 8.94. The number of likely N-dealkylation sites (tertiary alicyclic amines) is 1.